The molecule has 93 valence electrons. The maximum absolute atomic E-state index is 10.1. The Hall–Kier alpha value is -0.825. The van der Waals surface area contributed by atoms with Crippen molar-refractivity contribution in [3.8, 4) is 0 Å². The van der Waals surface area contributed by atoms with Gasteiger partial charge in [0.05, 0.1) is 5.60 Å². The molecule has 1 radical (unpaired) electrons. The zero-order valence-electron chi connectivity index (χ0n) is 11.8. The van der Waals surface area contributed by atoms with E-state index in [0.29, 0.717) is 0 Å². The Kier molecular flexibility index (Phi) is 4.03. The molecule has 0 fully saturated rings. The van der Waals surface area contributed by atoms with Gasteiger partial charge in [-0.2, -0.15) is 0 Å². The summed E-state index contributed by atoms with van der Waals surface area (Å²) >= 11 is 0. The summed E-state index contributed by atoms with van der Waals surface area (Å²) in [6, 6.07) is 2.09. The molecule has 0 atom stereocenters. The highest BCUT2D eigenvalue weighted by atomic mass is 16.3. The summed E-state index contributed by atoms with van der Waals surface area (Å²) in [6.07, 6.45) is 2.74. The van der Waals surface area contributed by atoms with Gasteiger partial charge in [-0.1, -0.05) is 31.2 Å². The first-order valence-corrected chi connectivity index (χ1v) is 6.12. The first-order chi connectivity index (χ1) is 7.63. The summed E-state index contributed by atoms with van der Waals surface area (Å²) < 4.78 is 0. The average molecular weight is 232 g/mol. The summed E-state index contributed by atoms with van der Waals surface area (Å²) in [5, 5.41) is 10.1. The van der Waals surface area contributed by atoms with E-state index in [1.54, 1.807) is 0 Å². The van der Waals surface area contributed by atoms with Gasteiger partial charge in [0.2, 0.25) is 0 Å². The van der Waals surface area contributed by atoms with Crippen LogP contribution in [0.4, 0.5) is 0 Å². The van der Waals surface area contributed by atoms with Gasteiger partial charge < -0.3 is 5.11 Å². The van der Waals surface area contributed by atoms with Crippen molar-refractivity contribution in [2.24, 2.45) is 5.41 Å². The number of nitrogens with zero attached hydrogens (tertiary/aromatic N) is 1. The molecule has 0 aliphatic heterocycles. The number of hydrogen-bond donors (Lipinski definition) is 1. The SMILES string of the molecule is Cc1cc(C)c([B]CC(C)(C)C(C)(C)O)cn1. The minimum atomic E-state index is -0.685. The second-order valence-corrected chi connectivity index (χ2v) is 6.03. The molecule has 2 nitrogen and oxygen atoms in total. The molecular formula is C14H23BNO. The van der Waals surface area contributed by atoms with Crippen LogP contribution >= 0.6 is 0 Å². The molecular weight excluding hydrogens is 209 g/mol. The number of hydrogen-bond acceptors (Lipinski definition) is 2. The van der Waals surface area contributed by atoms with E-state index in [2.05, 4.69) is 39.1 Å². The monoisotopic (exact) mass is 232 g/mol. The van der Waals surface area contributed by atoms with Crippen LogP contribution in [-0.2, 0) is 0 Å². The smallest absolute Gasteiger partial charge is 0.154 e. The molecule has 0 saturated carbocycles. The molecule has 0 amide bonds. The number of pyridine rings is 1. The van der Waals surface area contributed by atoms with Crippen molar-refractivity contribution in [3.05, 3.63) is 23.5 Å². The van der Waals surface area contributed by atoms with Crippen LogP contribution in [0.25, 0.3) is 0 Å². The lowest BCUT2D eigenvalue weighted by atomic mass is 9.55. The molecule has 0 aliphatic carbocycles. The third-order valence-electron chi connectivity index (χ3n) is 3.78. The molecule has 1 heterocycles. The maximum Gasteiger partial charge on any atom is 0.154 e. The van der Waals surface area contributed by atoms with Crippen molar-refractivity contribution < 1.29 is 5.11 Å². The highest BCUT2D eigenvalue weighted by molar-refractivity contribution is 6.54. The largest absolute Gasteiger partial charge is 0.390 e. The highest BCUT2D eigenvalue weighted by Gasteiger charge is 2.34. The lowest BCUT2D eigenvalue weighted by Gasteiger charge is -2.37. The van der Waals surface area contributed by atoms with Gasteiger partial charge in [0.1, 0.15) is 0 Å². The van der Waals surface area contributed by atoms with Gasteiger partial charge in [-0.15, -0.1) is 0 Å². The highest BCUT2D eigenvalue weighted by Crippen LogP contribution is 2.33. The molecule has 0 bridgehead atoms. The molecule has 1 rings (SSSR count). The molecule has 3 heteroatoms. The summed E-state index contributed by atoms with van der Waals surface area (Å²) in [6.45, 7) is 12.0. The number of rotatable bonds is 4. The standard InChI is InChI=1S/C14H23BNO/c1-10-7-11(2)16-8-12(10)15-9-13(3,4)14(5,6)17/h7-8,17H,9H2,1-6H3. The van der Waals surface area contributed by atoms with Crippen LogP contribution < -0.4 is 5.46 Å². The molecule has 0 aromatic carbocycles. The first kappa shape index (κ1) is 14.2. The van der Waals surface area contributed by atoms with Gasteiger partial charge in [-0.3, -0.25) is 4.98 Å². The van der Waals surface area contributed by atoms with Gasteiger partial charge in [0.25, 0.3) is 0 Å². The molecule has 0 saturated heterocycles. The van der Waals surface area contributed by atoms with E-state index < -0.39 is 5.60 Å². The fraction of sp³-hybridized carbons (Fsp3) is 0.643. The summed E-state index contributed by atoms with van der Waals surface area (Å²) in [5.41, 5.74) is 2.61. The van der Waals surface area contributed by atoms with Crippen molar-refractivity contribution in [2.45, 2.75) is 53.5 Å². The van der Waals surface area contributed by atoms with E-state index in [4.69, 9.17) is 0 Å². The predicted octanol–water partition coefficient (Wildman–Crippen LogP) is 2.24. The van der Waals surface area contributed by atoms with Crippen LogP contribution in [0.2, 0.25) is 6.32 Å². The Morgan fingerprint density at radius 3 is 2.29 bits per heavy atom. The second kappa shape index (κ2) is 4.81. The Labute approximate surface area is 106 Å². The summed E-state index contributed by atoms with van der Waals surface area (Å²) in [7, 11) is 2.17. The fourth-order valence-corrected chi connectivity index (χ4v) is 1.54. The third kappa shape index (κ3) is 3.57. The van der Waals surface area contributed by atoms with E-state index in [1.807, 2.05) is 27.0 Å². The summed E-state index contributed by atoms with van der Waals surface area (Å²) in [5.74, 6) is 0. The summed E-state index contributed by atoms with van der Waals surface area (Å²) in [4.78, 5) is 4.31. The van der Waals surface area contributed by atoms with Crippen LogP contribution in [0.5, 0.6) is 0 Å². The van der Waals surface area contributed by atoms with Gasteiger partial charge in [0.15, 0.2) is 7.28 Å². The van der Waals surface area contributed by atoms with Gasteiger partial charge in [-0.05, 0) is 39.2 Å². The second-order valence-electron chi connectivity index (χ2n) is 6.03. The minimum absolute atomic E-state index is 0.148. The molecule has 1 aromatic rings. The Balaban J connectivity index is 2.74. The molecule has 0 aliphatic rings. The quantitative estimate of drug-likeness (QED) is 0.807. The molecule has 0 unspecified atom stereocenters. The Morgan fingerprint density at radius 2 is 1.82 bits per heavy atom. The fourth-order valence-electron chi connectivity index (χ4n) is 1.54. The van der Waals surface area contributed by atoms with Crippen LogP contribution in [0, 0.1) is 19.3 Å². The first-order valence-electron chi connectivity index (χ1n) is 6.12. The van der Waals surface area contributed by atoms with Crippen molar-refractivity contribution in [1.29, 1.82) is 0 Å². The van der Waals surface area contributed by atoms with Crippen molar-refractivity contribution in [1.82, 2.24) is 4.98 Å². The van der Waals surface area contributed by atoms with Crippen LogP contribution in [-0.4, -0.2) is 23.0 Å². The molecule has 1 N–H and O–H groups in total. The number of aliphatic hydroxyl groups is 1. The molecule has 17 heavy (non-hydrogen) atoms. The normalized spacial score (nSPS) is 12.6. The zero-order valence-corrected chi connectivity index (χ0v) is 11.8. The Morgan fingerprint density at radius 1 is 1.24 bits per heavy atom. The van der Waals surface area contributed by atoms with Crippen molar-refractivity contribution in [2.75, 3.05) is 0 Å². The van der Waals surface area contributed by atoms with E-state index in [9.17, 15) is 5.11 Å². The average Bonchev–Trinajstić information content (AvgIpc) is 2.14. The van der Waals surface area contributed by atoms with Crippen LogP contribution in [0.15, 0.2) is 12.3 Å². The maximum atomic E-state index is 10.1. The number of aromatic nitrogens is 1. The topological polar surface area (TPSA) is 33.1 Å². The van der Waals surface area contributed by atoms with Crippen molar-refractivity contribution >= 4 is 12.7 Å². The predicted molar refractivity (Wildman–Crippen MR) is 74.0 cm³/mol. The van der Waals surface area contributed by atoms with Crippen molar-refractivity contribution in [3.63, 3.8) is 0 Å². The third-order valence-corrected chi connectivity index (χ3v) is 3.78. The van der Waals surface area contributed by atoms with Gasteiger partial charge in [-0.25, -0.2) is 0 Å². The van der Waals surface area contributed by atoms with Gasteiger partial charge >= 0.3 is 0 Å². The van der Waals surface area contributed by atoms with E-state index in [1.165, 1.54) is 5.56 Å². The van der Waals surface area contributed by atoms with Crippen LogP contribution in [0.3, 0.4) is 0 Å². The molecule has 0 spiro atoms. The van der Waals surface area contributed by atoms with E-state index in [-0.39, 0.29) is 5.41 Å². The molecule has 1 aromatic heterocycles. The van der Waals surface area contributed by atoms with Gasteiger partial charge in [0, 0.05) is 11.9 Å². The zero-order chi connectivity index (χ0) is 13.3. The van der Waals surface area contributed by atoms with Crippen LogP contribution in [0.1, 0.15) is 39.0 Å². The lowest BCUT2D eigenvalue weighted by molar-refractivity contribution is -0.0236. The number of aryl methyl sites for hydroxylation is 2. The minimum Gasteiger partial charge on any atom is -0.390 e. The Bertz CT molecular complexity index is 394. The van der Waals surface area contributed by atoms with E-state index >= 15 is 0 Å². The lowest BCUT2D eigenvalue weighted by Crippen LogP contribution is -2.41. The van der Waals surface area contributed by atoms with E-state index in [0.717, 1.165) is 17.5 Å².